The molecule has 1 aromatic carbocycles. The Morgan fingerprint density at radius 2 is 2.04 bits per heavy atom. The third kappa shape index (κ3) is 5.96. The average Bonchev–Trinajstić information content (AvgIpc) is 3.20. The Balaban J connectivity index is 0.00000243. The van der Waals surface area contributed by atoms with Gasteiger partial charge in [0, 0.05) is 52.2 Å². The van der Waals surface area contributed by atoms with Gasteiger partial charge < -0.3 is 19.9 Å². The predicted molar refractivity (Wildman–Crippen MR) is 114 cm³/mol. The Bertz CT molecular complexity index is 670. The zero-order chi connectivity index (χ0) is 17.3. The normalized spacial score (nSPS) is 15.3. The van der Waals surface area contributed by atoms with Gasteiger partial charge in [-0.1, -0.05) is 18.2 Å². The second-order valence-corrected chi connectivity index (χ2v) is 5.91. The Morgan fingerprint density at radius 3 is 2.77 bits per heavy atom. The van der Waals surface area contributed by atoms with Crippen molar-refractivity contribution >= 4 is 29.9 Å². The van der Waals surface area contributed by atoms with Gasteiger partial charge in [-0.15, -0.1) is 24.0 Å². The number of morpholine rings is 1. The van der Waals surface area contributed by atoms with E-state index >= 15 is 0 Å². The van der Waals surface area contributed by atoms with Crippen molar-refractivity contribution in [1.29, 1.82) is 0 Å². The van der Waals surface area contributed by atoms with Gasteiger partial charge in [0.2, 0.25) is 0 Å². The molecule has 7 nitrogen and oxygen atoms in total. The van der Waals surface area contributed by atoms with Crippen LogP contribution in [0.4, 0.5) is 0 Å². The Hall–Kier alpha value is -1.65. The Kier molecular flexibility index (Phi) is 8.86. The van der Waals surface area contributed by atoms with Crippen LogP contribution in [0.1, 0.15) is 5.56 Å². The maximum atomic E-state index is 5.37. The number of benzene rings is 1. The summed E-state index contributed by atoms with van der Waals surface area (Å²) in [5.41, 5.74) is 2.31. The molecule has 0 aliphatic carbocycles. The summed E-state index contributed by atoms with van der Waals surface area (Å²) < 4.78 is 7.39. The number of halogens is 1. The van der Waals surface area contributed by atoms with E-state index in [-0.39, 0.29) is 24.0 Å². The van der Waals surface area contributed by atoms with Gasteiger partial charge in [-0.3, -0.25) is 9.89 Å². The average molecular weight is 470 g/mol. The SMILES string of the molecule is CN=C(NCCN1CCOCC1)NCc1ccccc1-n1ccnc1.I. The fourth-order valence-corrected chi connectivity index (χ4v) is 2.87. The van der Waals surface area contributed by atoms with Gasteiger partial charge in [-0.05, 0) is 11.6 Å². The first kappa shape index (κ1) is 20.7. The minimum absolute atomic E-state index is 0. The van der Waals surface area contributed by atoms with Crippen LogP contribution in [0.15, 0.2) is 48.0 Å². The molecule has 2 aromatic rings. The molecule has 0 atom stereocenters. The molecule has 1 aromatic heterocycles. The van der Waals surface area contributed by atoms with Gasteiger partial charge in [-0.25, -0.2) is 4.98 Å². The first-order valence-electron chi connectivity index (χ1n) is 8.67. The summed E-state index contributed by atoms with van der Waals surface area (Å²) in [7, 11) is 1.80. The van der Waals surface area contributed by atoms with Gasteiger partial charge in [0.15, 0.2) is 5.96 Å². The number of aromatic nitrogens is 2. The minimum Gasteiger partial charge on any atom is -0.379 e. The summed E-state index contributed by atoms with van der Waals surface area (Å²) in [6.45, 7) is 6.23. The van der Waals surface area contributed by atoms with Gasteiger partial charge in [-0.2, -0.15) is 0 Å². The number of rotatable bonds is 6. The summed E-state index contributed by atoms with van der Waals surface area (Å²) in [6, 6.07) is 8.29. The number of aliphatic imine (C=N–C) groups is 1. The maximum Gasteiger partial charge on any atom is 0.191 e. The molecule has 0 radical (unpaired) electrons. The van der Waals surface area contributed by atoms with E-state index in [0.29, 0.717) is 6.54 Å². The molecule has 1 aliphatic rings. The Labute approximate surface area is 171 Å². The van der Waals surface area contributed by atoms with Crippen molar-refractivity contribution in [3.8, 4) is 5.69 Å². The van der Waals surface area contributed by atoms with Crippen LogP contribution in [0.2, 0.25) is 0 Å². The van der Waals surface area contributed by atoms with Gasteiger partial charge in [0.25, 0.3) is 0 Å². The molecule has 2 N–H and O–H groups in total. The van der Waals surface area contributed by atoms with Gasteiger partial charge >= 0.3 is 0 Å². The molecule has 3 rings (SSSR count). The summed E-state index contributed by atoms with van der Waals surface area (Å²) in [4.78, 5) is 10.8. The molecule has 0 amide bonds. The number of imidazole rings is 1. The van der Waals surface area contributed by atoms with E-state index in [0.717, 1.165) is 51.0 Å². The zero-order valence-corrected chi connectivity index (χ0v) is 17.4. The van der Waals surface area contributed by atoms with Crippen molar-refractivity contribution in [3.63, 3.8) is 0 Å². The number of para-hydroxylation sites is 1. The van der Waals surface area contributed by atoms with E-state index in [9.17, 15) is 0 Å². The molecule has 142 valence electrons. The number of hydrogen-bond donors (Lipinski definition) is 2. The quantitative estimate of drug-likeness (QED) is 0.381. The third-order valence-electron chi connectivity index (χ3n) is 4.27. The van der Waals surface area contributed by atoms with Crippen LogP contribution < -0.4 is 10.6 Å². The number of nitrogens with one attached hydrogen (secondary N) is 2. The molecule has 8 heteroatoms. The van der Waals surface area contributed by atoms with Crippen LogP contribution in [0.25, 0.3) is 5.69 Å². The molecule has 26 heavy (non-hydrogen) atoms. The summed E-state index contributed by atoms with van der Waals surface area (Å²) >= 11 is 0. The molecule has 0 saturated carbocycles. The third-order valence-corrected chi connectivity index (χ3v) is 4.27. The molecule has 1 fully saturated rings. The van der Waals surface area contributed by atoms with Crippen LogP contribution >= 0.6 is 24.0 Å². The fourth-order valence-electron chi connectivity index (χ4n) is 2.87. The lowest BCUT2D eigenvalue weighted by molar-refractivity contribution is 0.0389. The van der Waals surface area contributed by atoms with Crippen LogP contribution in [-0.2, 0) is 11.3 Å². The van der Waals surface area contributed by atoms with E-state index in [2.05, 4.69) is 37.6 Å². The van der Waals surface area contributed by atoms with E-state index < -0.39 is 0 Å². The van der Waals surface area contributed by atoms with Crippen molar-refractivity contribution in [3.05, 3.63) is 48.5 Å². The highest BCUT2D eigenvalue weighted by Crippen LogP contribution is 2.13. The summed E-state index contributed by atoms with van der Waals surface area (Å²) in [5.74, 6) is 0.814. The molecular formula is C18H27IN6O. The molecule has 2 heterocycles. The predicted octanol–water partition coefficient (Wildman–Crippen LogP) is 1.49. The van der Waals surface area contributed by atoms with Gasteiger partial charge in [0.05, 0.1) is 25.2 Å². The van der Waals surface area contributed by atoms with Crippen molar-refractivity contribution in [1.82, 2.24) is 25.1 Å². The van der Waals surface area contributed by atoms with Crippen molar-refractivity contribution in [2.24, 2.45) is 4.99 Å². The van der Waals surface area contributed by atoms with E-state index in [1.165, 1.54) is 5.56 Å². The zero-order valence-electron chi connectivity index (χ0n) is 15.1. The highest BCUT2D eigenvalue weighted by Gasteiger charge is 2.10. The first-order chi connectivity index (χ1) is 12.4. The summed E-state index contributed by atoms with van der Waals surface area (Å²) in [6.07, 6.45) is 5.55. The monoisotopic (exact) mass is 470 g/mol. The van der Waals surface area contributed by atoms with Crippen molar-refractivity contribution in [2.75, 3.05) is 46.4 Å². The van der Waals surface area contributed by atoms with Crippen LogP contribution in [0.3, 0.4) is 0 Å². The molecular weight excluding hydrogens is 443 g/mol. The van der Waals surface area contributed by atoms with Gasteiger partial charge in [0.1, 0.15) is 0 Å². The highest BCUT2D eigenvalue weighted by atomic mass is 127. The second kappa shape index (κ2) is 11.1. The number of guanidine groups is 1. The number of ether oxygens (including phenoxy) is 1. The molecule has 1 saturated heterocycles. The minimum atomic E-state index is 0. The lowest BCUT2D eigenvalue weighted by atomic mass is 10.1. The summed E-state index contributed by atoms with van der Waals surface area (Å²) in [5, 5.41) is 6.77. The maximum absolute atomic E-state index is 5.37. The van der Waals surface area contributed by atoms with E-state index in [1.54, 1.807) is 13.2 Å². The lowest BCUT2D eigenvalue weighted by Crippen LogP contribution is -2.44. The molecule has 0 spiro atoms. The molecule has 0 bridgehead atoms. The van der Waals surface area contributed by atoms with Crippen LogP contribution in [0.5, 0.6) is 0 Å². The Morgan fingerprint density at radius 1 is 1.23 bits per heavy atom. The topological polar surface area (TPSA) is 66.7 Å². The van der Waals surface area contributed by atoms with Crippen molar-refractivity contribution < 1.29 is 4.74 Å². The highest BCUT2D eigenvalue weighted by molar-refractivity contribution is 14.0. The van der Waals surface area contributed by atoms with E-state index in [4.69, 9.17) is 4.74 Å². The standard InChI is InChI=1S/C18H26N6O.HI/c1-19-18(21-7-8-23-10-12-25-13-11-23)22-14-16-4-2-3-5-17(16)24-9-6-20-15-24;/h2-6,9,15H,7-8,10-14H2,1H3,(H2,19,21,22);1H. The largest absolute Gasteiger partial charge is 0.379 e. The van der Waals surface area contributed by atoms with E-state index in [1.807, 2.05) is 29.2 Å². The van der Waals surface area contributed by atoms with Crippen molar-refractivity contribution in [2.45, 2.75) is 6.54 Å². The first-order valence-corrected chi connectivity index (χ1v) is 8.67. The molecule has 0 unspecified atom stereocenters. The number of nitrogens with zero attached hydrogens (tertiary/aromatic N) is 4. The smallest absolute Gasteiger partial charge is 0.191 e. The van der Waals surface area contributed by atoms with Crippen LogP contribution in [0, 0.1) is 0 Å². The lowest BCUT2D eigenvalue weighted by Gasteiger charge is -2.26. The fraction of sp³-hybridized carbons (Fsp3) is 0.444. The van der Waals surface area contributed by atoms with Crippen LogP contribution in [-0.4, -0.2) is 66.9 Å². The second-order valence-electron chi connectivity index (χ2n) is 5.91. The molecule has 1 aliphatic heterocycles. The number of hydrogen-bond acceptors (Lipinski definition) is 4.